The summed E-state index contributed by atoms with van der Waals surface area (Å²) in [6.07, 6.45) is 3.00. The highest BCUT2D eigenvalue weighted by atomic mass is 16.5. The molecule has 2 N–H and O–H groups in total. The second-order valence-corrected chi connectivity index (χ2v) is 8.35. The highest BCUT2D eigenvalue weighted by molar-refractivity contribution is 6.02. The maximum Gasteiger partial charge on any atom is 0.326 e. The van der Waals surface area contributed by atoms with Gasteiger partial charge in [0.25, 0.3) is 5.91 Å². The van der Waals surface area contributed by atoms with Gasteiger partial charge >= 0.3 is 6.03 Å². The molecule has 0 radical (unpaired) electrons. The number of para-hydroxylation sites is 1. The van der Waals surface area contributed by atoms with Gasteiger partial charge in [0.05, 0.1) is 13.7 Å². The van der Waals surface area contributed by atoms with Crippen LogP contribution in [-0.4, -0.2) is 32.2 Å². The molecule has 0 aromatic heterocycles. The molecule has 0 saturated carbocycles. The SMILES string of the molecule is CCOc1cc(CNC(=O)c2ccc(NC(=O)N3CCCCc4ccccc43)cc2)ccc1OC. The summed E-state index contributed by atoms with van der Waals surface area (Å²) in [6.45, 7) is 3.47. The predicted molar refractivity (Wildman–Crippen MR) is 138 cm³/mol. The number of fused-ring (bicyclic) bond motifs is 1. The molecule has 1 aliphatic rings. The maximum atomic E-state index is 13.0. The molecule has 0 unspecified atom stereocenters. The Morgan fingerprint density at radius 2 is 1.77 bits per heavy atom. The number of amides is 3. The average Bonchev–Trinajstić information content (AvgIpc) is 3.11. The zero-order chi connectivity index (χ0) is 24.6. The Kier molecular flexibility index (Phi) is 7.88. The van der Waals surface area contributed by atoms with Gasteiger partial charge in [-0.1, -0.05) is 24.3 Å². The van der Waals surface area contributed by atoms with E-state index in [9.17, 15) is 9.59 Å². The summed E-state index contributed by atoms with van der Waals surface area (Å²) in [4.78, 5) is 27.4. The summed E-state index contributed by atoms with van der Waals surface area (Å²) in [6, 6.07) is 20.4. The topological polar surface area (TPSA) is 79.9 Å². The van der Waals surface area contributed by atoms with E-state index in [2.05, 4.69) is 16.7 Å². The number of nitrogens with one attached hydrogen (secondary N) is 2. The minimum Gasteiger partial charge on any atom is -0.493 e. The number of nitrogens with zero attached hydrogens (tertiary/aromatic N) is 1. The molecule has 1 heterocycles. The largest absolute Gasteiger partial charge is 0.493 e. The standard InChI is InChI=1S/C28H31N3O4/c1-3-35-26-18-20(11-16-25(26)34-2)19-29-27(32)22-12-14-23(15-13-22)30-28(33)31-17-7-6-9-21-8-4-5-10-24(21)31/h4-5,8,10-16,18H,3,6-7,9,17,19H2,1-2H3,(H,29,32)(H,30,33). The van der Waals surface area contributed by atoms with Crippen molar-refractivity contribution in [1.29, 1.82) is 0 Å². The number of urea groups is 1. The van der Waals surface area contributed by atoms with Crippen LogP contribution >= 0.6 is 0 Å². The molecule has 182 valence electrons. The Labute approximate surface area is 206 Å². The number of hydrogen-bond acceptors (Lipinski definition) is 4. The van der Waals surface area contributed by atoms with E-state index < -0.39 is 0 Å². The number of hydrogen-bond donors (Lipinski definition) is 2. The van der Waals surface area contributed by atoms with Crippen molar-refractivity contribution in [2.45, 2.75) is 32.7 Å². The minimum atomic E-state index is -0.196. The van der Waals surface area contributed by atoms with Crippen molar-refractivity contribution >= 4 is 23.3 Å². The first kappa shape index (κ1) is 24.1. The third-order valence-electron chi connectivity index (χ3n) is 5.98. The molecule has 1 aliphatic heterocycles. The Hall–Kier alpha value is -4.00. The van der Waals surface area contributed by atoms with E-state index in [1.807, 2.05) is 43.3 Å². The van der Waals surface area contributed by atoms with Gasteiger partial charge in [0.2, 0.25) is 0 Å². The summed E-state index contributed by atoms with van der Waals surface area (Å²) in [5.74, 6) is 1.11. The monoisotopic (exact) mass is 473 g/mol. The number of carbonyl (C=O) groups excluding carboxylic acids is 2. The summed E-state index contributed by atoms with van der Waals surface area (Å²) < 4.78 is 10.9. The molecule has 35 heavy (non-hydrogen) atoms. The summed E-state index contributed by atoms with van der Waals surface area (Å²) in [7, 11) is 1.60. The maximum absolute atomic E-state index is 13.0. The number of rotatable bonds is 7. The van der Waals surface area contributed by atoms with Gasteiger partial charge in [-0.05, 0) is 79.8 Å². The molecule has 0 aliphatic carbocycles. The van der Waals surface area contributed by atoms with Gasteiger partial charge in [-0.25, -0.2) is 4.79 Å². The Bertz CT molecular complexity index is 1180. The van der Waals surface area contributed by atoms with Gasteiger partial charge in [-0.15, -0.1) is 0 Å². The van der Waals surface area contributed by atoms with Crippen LogP contribution in [-0.2, 0) is 13.0 Å². The van der Waals surface area contributed by atoms with Crippen molar-refractivity contribution in [2.75, 3.05) is 30.5 Å². The quantitative estimate of drug-likeness (QED) is 0.482. The Morgan fingerprint density at radius 1 is 0.971 bits per heavy atom. The van der Waals surface area contributed by atoms with Crippen molar-refractivity contribution in [1.82, 2.24) is 5.32 Å². The van der Waals surface area contributed by atoms with Gasteiger partial charge in [0, 0.05) is 30.0 Å². The summed E-state index contributed by atoms with van der Waals surface area (Å²) >= 11 is 0. The molecule has 7 heteroatoms. The van der Waals surface area contributed by atoms with Crippen LogP contribution < -0.4 is 25.0 Å². The van der Waals surface area contributed by atoms with Crippen molar-refractivity contribution < 1.29 is 19.1 Å². The lowest BCUT2D eigenvalue weighted by atomic mass is 10.1. The second kappa shape index (κ2) is 11.4. The van der Waals surface area contributed by atoms with Gasteiger partial charge < -0.3 is 20.1 Å². The normalized spacial score (nSPS) is 12.8. The molecule has 4 rings (SSSR count). The van der Waals surface area contributed by atoms with Gasteiger partial charge in [-0.2, -0.15) is 0 Å². The van der Waals surface area contributed by atoms with Gasteiger partial charge in [0.1, 0.15) is 0 Å². The zero-order valence-electron chi connectivity index (χ0n) is 20.2. The first-order valence-electron chi connectivity index (χ1n) is 11.9. The summed E-state index contributed by atoms with van der Waals surface area (Å²) in [5.41, 5.74) is 4.22. The lowest BCUT2D eigenvalue weighted by Crippen LogP contribution is -2.35. The zero-order valence-corrected chi connectivity index (χ0v) is 20.2. The number of benzene rings is 3. The number of ether oxygens (including phenoxy) is 2. The van der Waals surface area contributed by atoms with Crippen molar-refractivity contribution in [3.63, 3.8) is 0 Å². The van der Waals surface area contributed by atoms with Crippen LogP contribution in [0.3, 0.4) is 0 Å². The third kappa shape index (κ3) is 5.93. The highest BCUT2D eigenvalue weighted by Gasteiger charge is 2.21. The van der Waals surface area contributed by atoms with E-state index in [0.717, 1.165) is 30.5 Å². The van der Waals surface area contributed by atoms with Crippen LogP contribution in [0.4, 0.5) is 16.2 Å². The van der Waals surface area contributed by atoms with Gasteiger partial charge in [-0.3, -0.25) is 9.69 Å². The minimum absolute atomic E-state index is 0.166. The molecule has 0 spiro atoms. The number of carbonyl (C=O) groups is 2. The van der Waals surface area contributed by atoms with Crippen LogP contribution in [0.15, 0.2) is 66.7 Å². The molecule has 0 atom stereocenters. The Balaban J connectivity index is 1.36. The molecule has 3 aromatic carbocycles. The predicted octanol–water partition coefficient (Wildman–Crippen LogP) is 5.40. The fourth-order valence-electron chi connectivity index (χ4n) is 4.18. The lowest BCUT2D eigenvalue weighted by molar-refractivity contribution is 0.0951. The fourth-order valence-corrected chi connectivity index (χ4v) is 4.18. The van der Waals surface area contributed by atoms with E-state index in [-0.39, 0.29) is 11.9 Å². The lowest BCUT2D eigenvalue weighted by Gasteiger charge is -2.23. The first-order valence-corrected chi connectivity index (χ1v) is 11.9. The van der Waals surface area contributed by atoms with Crippen LogP contribution in [0.5, 0.6) is 11.5 Å². The van der Waals surface area contributed by atoms with Crippen LogP contribution in [0, 0.1) is 0 Å². The second-order valence-electron chi connectivity index (χ2n) is 8.35. The fraction of sp³-hybridized carbons (Fsp3) is 0.286. The molecule has 3 aromatic rings. The van der Waals surface area contributed by atoms with E-state index in [4.69, 9.17) is 9.47 Å². The Morgan fingerprint density at radius 3 is 2.54 bits per heavy atom. The number of anilines is 2. The van der Waals surface area contributed by atoms with E-state index in [1.165, 1.54) is 5.56 Å². The van der Waals surface area contributed by atoms with Crippen LogP contribution in [0.1, 0.15) is 41.3 Å². The van der Waals surface area contributed by atoms with Crippen molar-refractivity contribution in [3.8, 4) is 11.5 Å². The highest BCUT2D eigenvalue weighted by Crippen LogP contribution is 2.28. The molecular formula is C28H31N3O4. The average molecular weight is 474 g/mol. The number of aryl methyl sites for hydroxylation is 1. The van der Waals surface area contributed by atoms with Crippen molar-refractivity contribution in [3.05, 3.63) is 83.4 Å². The van der Waals surface area contributed by atoms with Crippen molar-refractivity contribution in [2.24, 2.45) is 0 Å². The van der Waals surface area contributed by atoms with E-state index in [0.29, 0.717) is 42.4 Å². The molecule has 0 saturated heterocycles. The number of methoxy groups -OCH3 is 1. The van der Waals surface area contributed by atoms with E-state index >= 15 is 0 Å². The smallest absolute Gasteiger partial charge is 0.326 e. The van der Waals surface area contributed by atoms with Crippen LogP contribution in [0.2, 0.25) is 0 Å². The summed E-state index contributed by atoms with van der Waals surface area (Å²) in [5, 5.41) is 5.88. The molecule has 7 nitrogen and oxygen atoms in total. The molecule has 3 amide bonds. The first-order chi connectivity index (χ1) is 17.1. The van der Waals surface area contributed by atoms with Gasteiger partial charge in [0.15, 0.2) is 11.5 Å². The van der Waals surface area contributed by atoms with E-state index in [1.54, 1.807) is 36.3 Å². The molecule has 0 fully saturated rings. The van der Waals surface area contributed by atoms with Crippen LogP contribution in [0.25, 0.3) is 0 Å². The third-order valence-corrected chi connectivity index (χ3v) is 5.98. The molecular weight excluding hydrogens is 442 g/mol. The molecule has 0 bridgehead atoms.